The van der Waals surface area contributed by atoms with Gasteiger partial charge in [-0.05, 0) is 18.6 Å². The van der Waals surface area contributed by atoms with Gasteiger partial charge in [0.05, 0.1) is 18.1 Å². The smallest absolute Gasteiger partial charge is 0.253 e. The van der Waals surface area contributed by atoms with Crippen LogP contribution in [0.1, 0.15) is 30.1 Å². The predicted molar refractivity (Wildman–Crippen MR) is 67.8 cm³/mol. The van der Waals surface area contributed by atoms with Gasteiger partial charge in [0.25, 0.3) is 5.91 Å². The van der Waals surface area contributed by atoms with Crippen LogP contribution in [0, 0.1) is 11.3 Å². The van der Waals surface area contributed by atoms with Crippen molar-refractivity contribution in [1.29, 1.82) is 5.26 Å². The van der Waals surface area contributed by atoms with E-state index in [4.69, 9.17) is 5.26 Å². The molecule has 0 heterocycles. The van der Waals surface area contributed by atoms with Crippen LogP contribution in [-0.4, -0.2) is 19.0 Å². The fourth-order valence-corrected chi connectivity index (χ4v) is 1.57. The molecule has 1 aromatic rings. The Kier molecular flexibility index (Phi) is 5.02. The number of hydrogen-bond acceptors (Lipinski definition) is 3. The molecule has 1 aromatic carbocycles. The Morgan fingerprint density at radius 2 is 2.18 bits per heavy atom. The topological polar surface area (TPSA) is 64.9 Å². The molecule has 2 N–H and O–H groups in total. The van der Waals surface area contributed by atoms with Gasteiger partial charge in [0, 0.05) is 18.8 Å². The molecule has 17 heavy (non-hydrogen) atoms. The summed E-state index contributed by atoms with van der Waals surface area (Å²) in [6.45, 7) is 1.95. The van der Waals surface area contributed by atoms with Gasteiger partial charge in [-0.2, -0.15) is 5.26 Å². The summed E-state index contributed by atoms with van der Waals surface area (Å²) in [5.74, 6) is -0.142. The fourth-order valence-electron chi connectivity index (χ4n) is 1.57. The van der Waals surface area contributed by atoms with Crippen LogP contribution in [-0.2, 0) is 0 Å². The Balaban J connectivity index is 2.79. The SMILES string of the molecule is CC[C@@H](CC#N)NC(=O)c1ccccc1NC. The van der Waals surface area contributed by atoms with Crippen LogP contribution in [0.25, 0.3) is 0 Å². The number of benzene rings is 1. The molecule has 0 aliphatic heterocycles. The summed E-state index contributed by atoms with van der Waals surface area (Å²) in [4.78, 5) is 12.0. The molecule has 1 atom stereocenters. The van der Waals surface area contributed by atoms with E-state index in [2.05, 4.69) is 16.7 Å². The molecule has 0 aromatic heterocycles. The number of nitrogens with zero attached hydrogens (tertiary/aromatic N) is 1. The zero-order valence-electron chi connectivity index (χ0n) is 10.2. The van der Waals surface area contributed by atoms with Crippen LogP contribution in [0.15, 0.2) is 24.3 Å². The van der Waals surface area contributed by atoms with Crippen molar-refractivity contribution in [3.8, 4) is 6.07 Å². The van der Waals surface area contributed by atoms with Gasteiger partial charge >= 0.3 is 0 Å². The van der Waals surface area contributed by atoms with E-state index < -0.39 is 0 Å². The molecule has 1 rings (SSSR count). The van der Waals surface area contributed by atoms with Gasteiger partial charge in [-0.25, -0.2) is 0 Å². The van der Waals surface area contributed by atoms with Gasteiger partial charge in [-0.1, -0.05) is 19.1 Å². The molecule has 0 fully saturated rings. The molecule has 0 saturated carbocycles. The maximum atomic E-state index is 12.0. The number of hydrogen-bond donors (Lipinski definition) is 2. The highest BCUT2D eigenvalue weighted by Gasteiger charge is 2.14. The van der Waals surface area contributed by atoms with Crippen LogP contribution in [0.5, 0.6) is 0 Å². The number of anilines is 1. The summed E-state index contributed by atoms with van der Waals surface area (Å²) in [6.07, 6.45) is 1.09. The molecule has 4 heteroatoms. The van der Waals surface area contributed by atoms with Gasteiger partial charge in [-0.3, -0.25) is 4.79 Å². The maximum absolute atomic E-state index is 12.0. The predicted octanol–water partition coefficient (Wildman–Crippen LogP) is 2.15. The summed E-state index contributed by atoms with van der Waals surface area (Å²) in [6, 6.07) is 9.29. The van der Waals surface area contributed by atoms with Gasteiger partial charge in [0.1, 0.15) is 0 Å². The summed E-state index contributed by atoms with van der Waals surface area (Å²) < 4.78 is 0. The first-order chi connectivity index (χ1) is 8.22. The molecule has 0 unspecified atom stereocenters. The van der Waals surface area contributed by atoms with Crippen LogP contribution in [0.4, 0.5) is 5.69 Å². The summed E-state index contributed by atoms with van der Waals surface area (Å²) in [5.41, 5.74) is 1.39. The van der Waals surface area contributed by atoms with Gasteiger partial charge in [0.15, 0.2) is 0 Å². The highest BCUT2D eigenvalue weighted by Crippen LogP contribution is 2.14. The standard InChI is InChI=1S/C13H17N3O/c1-3-10(8-9-14)16-13(17)11-6-4-5-7-12(11)15-2/h4-7,10,15H,3,8H2,1-2H3,(H,16,17)/t10-/m0/s1. The summed E-state index contributed by atoms with van der Waals surface area (Å²) in [5, 5.41) is 14.5. The number of nitrogens with one attached hydrogen (secondary N) is 2. The van der Waals surface area contributed by atoms with E-state index >= 15 is 0 Å². The Bertz CT molecular complexity index is 423. The average molecular weight is 231 g/mol. The number of carbonyl (C=O) groups excluding carboxylic acids is 1. The van der Waals surface area contributed by atoms with E-state index in [1.54, 1.807) is 13.1 Å². The second-order valence-corrected chi connectivity index (χ2v) is 3.74. The third kappa shape index (κ3) is 3.49. The largest absolute Gasteiger partial charge is 0.387 e. The minimum absolute atomic E-state index is 0.0857. The van der Waals surface area contributed by atoms with E-state index in [0.29, 0.717) is 12.0 Å². The maximum Gasteiger partial charge on any atom is 0.253 e. The Morgan fingerprint density at radius 1 is 1.47 bits per heavy atom. The average Bonchev–Trinajstić information content (AvgIpc) is 2.38. The number of carbonyl (C=O) groups is 1. The lowest BCUT2D eigenvalue weighted by Crippen LogP contribution is -2.34. The first kappa shape index (κ1) is 13.0. The van der Waals surface area contributed by atoms with Crippen molar-refractivity contribution < 1.29 is 4.79 Å². The van der Waals surface area contributed by atoms with Crippen molar-refractivity contribution in [2.24, 2.45) is 0 Å². The van der Waals surface area contributed by atoms with E-state index in [9.17, 15) is 4.79 Å². The van der Waals surface area contributed by atoms with Crippen LogP contribution in [0.3, 0.4) is 0 Å². The highest BCUT2D eigenvalue weighted by atomic mass is 16.1. The zero-order valence-corrected chi connectivity index (χ0v) is 10.2. The lowest BCUT2D eigenvalue weighted by molar-refractivity contribution is 0.0937. The lowest BCUT2D eigenvalue weighted by Gasteiger charge is -2.15. The third-order valence-corrected chi connectivity index (χ3v) is 2.61. The highest BCUT2D eigenvalue weighted by molar-refractivity contribution is 5.99. The van der Waals surface area contributed by atoms with E-state index in [1.807, 2.05) is 25.1 Å². The lowest BCUT2D eigenvalue weighted by atomic mass is 10.1. The number of para-hydroxylation sites is 1. The summed E-state index contributed by atoms with van der Waals surface area (Å²) in [7, 11) is 1.78. The molecule has 0 bridgehead atoms. The van der Waals surface area contributed by atoms with Crippen molar-refractivity contribution >= 4 is 11.6 Å². The van der Waals surface area contributed by atoms with Crippen molar-refractivity contribution in [2.75, 3.05) is 12.4 Å². The zero-order chi connectivity index (χ0) is 12.7. The molecular weight excluding hydrogens is 214 g/mol. The Labute approximate surface area is 102 Å². The minimum Gasteiger partial charge on any atom is -0.387 e. The van der Waals surface area contributed by atoms with E-state index in [1.165, 1.54) is 0 Å². The van der Waals surface area contributed by atoms with Crippen LogP contribution < -0.4 is 10.6 Å². The van der Waals surface area contributed by atoms with Crippen LogP contribution in [0.2, 0.25) is 0 Å². The monoisotopic (exact) mass is 231 g/mol. The van der Waals surface area contributed by atoms with Crippen molar-refractivity contribution in [3.63, 3.8) is 0 Å². The number of nitriles is 1. The van der Waals surface area contributed by atoms with Crippen molar-refractivity contribution in [2.45, 2.75) is 25.8 Å². The van der Waals surface area contributed by atoms with E-state index in [0.717, 1.165) is 12.1 Å². The van der Waals surface area contributed by atoms with Crippen molar-refractivity contribution in [1.82, 2.24) is 5.32 Å². The molecule has 1 amide bonds. The second kappa shape index (κ2) is 6.54. The van der Waals surface area contributed by atoms with Gasteiger partial charge in [0.2, 0.25) is 0 Å². The Morgan fingerprint density at radius 3 is 2.76 bits per heavy atom. The molecule has 0 spiro atoms. The Hall–Kier alpha value is -2.02. The number of rotatable bonds is 5. The normalized spacial score (nSPS) is 11.4. The molecule has 0 saturated heterocycles. The molecule has 4 nitrogen and oxygen atoms in total. The third-order valence-electron chi connectivity index (χ3n) is 2.61. The molecule has 0 radical (unpaired) electrons. The number of amides is 1. The van der Waals surface area contributed by atoms with Gasteiger partial charge in [-0.15, -0.1) is 0 Å². The van der Waals surface area contributed by atoms with Crippen molar-refractivity contribution in [3.05, 3.63) is 29.8 Å². The molecule has 90 valence electrons. The molecular formula is C13H17N3O. The van der Waals surface area contributed by atoms with E-state index in [-0.39, 0.29) is 11.9 Å². The molecule has 0 aliphatic carbocycles. The second-order valence-electron chi connectivity index (χ2n) is 3.74. The van der Waals surface area contributed by atoms with Crippen LogP contribution >= 0.6 is 0 Å². The first-order valence-electron chi connectivity index (χ1n) is 5.67. The quantitative estimate of drug-likeness (QED) is 0.816. The summed E-state index contributed by atoms with van der Waals surface area (Å²) >= 11 is 0. The fraction of sp³-hybridized carbons (Fsp3) is 0.385. The molecule has 0 aliphatic rings. The minimum atomic E-state index is -0.142. The van der Waals surface area contributed by atoms with Gasteiger partial charge < -0.3 is 10.6 Å². The first-order valence-corrected chi connectivity index (χ1v) is 5.67.